The van der Waals surface area contributed by atoms with E-state index in [0.29, 0.717) is 16.9 Å². The van der Waals surface area contributed by atoms with E-state index < -0.39 is 5.97 Å². The number of rotatable bonds is 5. The molecular formula is C26H18N2O2. The summed E-state index contributed by atoms with van der Waals surface area (Å²) in [5.41, 5.74) is 3.59. The smallest absolute Gasteiger partial charge is 0.343 e. The van der Waals surface area contributed by atoms with E-state index in [-0.39, 0.29) is 0 Å². The average molecular weight is 390 g/mol. The molecule has 4 nitrogen and oxygen atoms in total. The third-order valence-electron chi connectivity index (χ3n) is 4.59. The minimum Gasteiger partial charge on any atom is -0.423 e. The second-order valence-electron chi connectivity index (χ2n) is 6.64. The molecule has 0 fully saturated rings. The fourth-order valence-electron chi connectivity index (χ4n) is 3.07. The molecule has 0 N–H and O–H groups in total. The standard InChI is InChI=1S/C26H18N2O2/c27-19-23(21-8-2-1-3-9-21)17-20-7-6-10-25(18-20)30-26(29)22-11-13-24(14-12-22)28-15-4-5-16-28/h1-18H/b23-17-. The Labute approximate surface area is 174 Å². The van der Waals surface area contributed by atoms with E-state index in [2.05, 4.69) is 6.07 Å². The Kier molecular flexibility index (Phi) is 5.54. The van der Waals surface area contributed by atoms with Crippen molar-refractivity contribution in [2.75, 3.05) is 0 Å². The van der Waals surface area contributed by atoms with E-state index >= 15 is 0 Å². The van der Waals surface area contributed by atoms with E-state index in [4.69, 9.17) is 4.74 Å². The molecule has 1 aromatic heterocycles. The van der Waals surface area contributed by atoms with Gasteiger partial charge in [-0.15, -0.1) is 0 Å². The van der Waals surface area contributed by atoms with Crippen molar-refractivity contribution in [3.05, 3.63) is 120 Å². The van der Waals surface area contributed by atoms with Crippen LogP contribution in [0.4, 0.5) is 0 Å². The first-order valence-corrected chi connectivity index (χ1v) is 9.46. The molecular weight excluding hydrogens is 372 g/mol. The molecule has 4 heteroatoms. The lowest BCUT2D eigenvalue weighted by molar-refractivity contribution is 0.0735. The zero-order valence-electron chi connectivity index (χ0n) is 16.1. The molecule has 0 atom stereocenters. The lowest BCUT2D eigenvalue weighted by Crippen LogP contribution is -2.08. The normalized spacial score (nSPS) is 11.0. The number of hydrogen-bond donors (Lipinski definition) is 0. The summed E-state index contributed by atoms with van der Waals surface area (Å²) >= 11 is 0. The van der Waals surface area contributed by atoms with Crippen molar-refractivity contribution < 1.29 is 9.53 Å². The van der Waals surface area contributed by atoms with Gasteiger partial charge in [-0.1, -0.05) is 42.5 Å². The molecule has 0 aliphatic heterocycles. The summed E-state index contributed by atoms with van der Waals surface area (Å²) in [4.78, 5) is 12.5. The quantitative estimate of drug-likeness (QED) is 0.188. The van der Waals surface area contributed by atoms with Gasteiger partial charge in [-0.05, 0) is 65.7 Å². The highest BCUT2D eigenvalue weighted by Crippen LogP contribution is 2.21. The Balaban J connectivity index is 1.51. The Morgan fingerprint density at radius 1 is 0.833 bits per heavy atom. The molecule has 0 saturated heterocycles. The maximum Gasteiger partial charge on any atom is 0.343 e. The first-order valence-electron chi connectivity index (χ1n) is 9.46. The summed E-state index contributed by atoms with van der Waals surface area (Å²) < 4.78 is 7.50. The predicted octanol–water partition coefficient (Wildman–Crippen LogP) is 5.76. The number of esters is 1. The van der Waals surface area contributed by atoms with Gasteiger partial charge in [0.25, 0.3) is 0 Å². The molecule has 1 heterocycles. The van der Waals surface area contributed by atoms with Gasteiger partial charge in [-0.3, -0.25) is 0 Å². The zero-order valence-corrected chi connectivity index (χ0v) is 16.1. The van der Waals surface area contributed by atoms with Crippen LogP contribution in [0.25, 0.3) is 17.3 Å². The molecule has 4 aromatic rings. The van der Waals surface area contributed by atoms with Crippen LogP contribution in [0.3, 0.4) is 0 Å². The van der Waals surface area contributed by atoms with Gasteiger partial charge in [0.2, 0.25) is 0 Å². The van der Waals surface area contributed by atoms with Crippen molar-refractivity contribution in [2.45, 2.75) is 0 Å². The summed E-state index contributed by atoms with van der Waals surface area (Å²) in [6.07, 6.45) is 5.66. The van der Waals surface area contributed by atoms with Gasteiger partial charge >= 0.3 is 5.97 Å². The summed E-state index contributed by atoms with van der Waals surface area (Å²) in [6, 6.07) is 29.9. The number of allylic oxidation sites excluding steroid dienone is 1. The number of benzene rings is 3. The van der Waals surface area contributed by atoms with E-state index in [1.54, 1.807) is 36.4 Å². The van der Waals surface area contributed by atoms with Crippen LogP contribution in [-0.2, 0) is 0 Å². The molecule has 4 rings (SSSR count). The third-order valence-corrected chi connectivity index (χ3v) is 4.59. The molecule has 0 aliphatic rings. The summed E-state index contributed by atoms with van der Waals surface area (Å²) in [7, 11) is 0. The number of nitriles is 1. The van der Waals surface area contributed by atoms with Crippen LogP contribution in [0.2, 0.25) is 0 Å². The van der Waals surface area contributed by atoms with Gasteiger partial charge < -0.3 is 9.30 Å². The molecule has 0 saturated carbocycles. The molecule has 0 radical (unpaired) electrons. The fraction of sp³-hybridized carbons (Fsp3) is 0. The van der Waals surface area contributed by atoms with Crippen molar-refractivity contribution in [1.82, 2.24) is 4.57 Å². The molecule has 0 bridgehead atoms. The maximum absolute atomic E-state index is 12.5. The van der Waals surface area contributed by atoms with E-state index in [1.165, 1.54) is 0 Å². The van der Waals surface area contributed by atoms with Crippen molar-refractivity contribution in [3.63, 3.8) is 0 Å². The predicted molar refractivity (Wildman–Crippen MR) is 117 cm³/mol. The number of hydrogen-bond acceptors (Lipinski definition) is 3. The number of carbonyl (C=O) groups is 1. The Hall–Kier alpha value is -4.36. The van der Waals surface area contributed by atoms with E-state index in [0.717, 1.165) is 16.8 Å². The number of carbonyl (C=O) groups excluding carboxylic acids is 1. The number of nitrogens with zero attached hydrogens (tertiary/aromatic N) is 2. The molecule has 0 aliphatic carbocycles. The summed E-state index contributed by atoms with van der Waals surface area (Å²) in [5.74, 6) is -0.00709. The van der Waals surface area contributed by atoms with Gasteiger partial charge in [0.1, 0.15) is 5.75 Å². The van der Waals surface area contributed by atoms with Gasteiger partial charge in [-0.2, -0.15) is 5.26 Å². The van der Waals surface area contributed by atoms with Crippen LogP contribution in [0.15, 0.2) is 103 Å². The Bertz CT molecular complexity index is 1220. The Morgan fingerprint density at radius 3 is 2.27 bits per heavy atom. The van der Waals surface area contributed by atoms with Gasteiger partial charge in [0, 0.05) is 18.1 Å². The molecule has 30 heavy (non-hydrogen) atoms. The average Bonchev–Trinajstić information content (AvgIpc) is 3.33. The highest BCUT2D eigenvalue weighted by atomic mass is 16.5. The van der Waals surface area contributed by atoms with Crippen molar-refractivity contribution in [3.8, 4) is 17.5 Å². The minimum absolute atomic E-state index is 0.425. The van der Waals surface area contributed by atoms with Crippen LogP contribution in [-0.4, -0.2) is 10.5 Å². The lowest BCUT2D eigenvalue weighted by atomic mass is 10.0. The largest absolute Gasteiger partial charge is 0.423 e. The van der Waals surface area contributed by atoms with Crippen LogP contribution in [0.1, 0.15) is 21.5 Å². The van der Waals surface area contributed by atoms with Crippen LogP contribution < -0.4 is 4.74 Å². The number of aromatic nitrogens is 1. The molecule has 144 valence electrons. The van der Waals surface area contributed by atoms with E-state index in [9.17, 15) is 10.1 Å². The topological polar surface area (TPSA) is 55.0 Å². The summed E-state index contributed by atoms with van der Waals surface area (Å²) in [6.45, 7) is 0. The fourth-order valence-corrected chi connectivity index (χ4v) is 3.07. The highest BCUT2D eigenvalue weighted by Gasteiger charge is 2.09. The maximum atomic E-state index is 12.5. The first-order chi connectivity index (χ1) is 14.7. The minimum atomic E-state index is -0.432. The Morgan fingerprint density at radius 2 is 1.57 bits per heavy atom. The van der Waals surface area contributed by atoms with Gasteiger partial charge in [0.15, 0.2) is 0 Å². The van der Waals surface area contributed by atoms with E-state index in [1.807, 2.05) is 77.6 Å². The van der Waals surface area contributed by atoms with Crippen molar-refractivity contribution >= 4 is 17.6 Å². The van der Waals surface area contributed by atoms with Crippen LogP contribution >= 0.6 is 0 Å². The monoisotopic (exact) mass is 390 g/mol. The van der Waals surface area contributed by atoms with Crippen LogP contribution in [0.5, 0.6) is 5.75 Å². The highest BCUT2D eigenvalue weighted by molar-refractivity contribution is 5.92. The van der Waals surface area contributed by atoms with Crippen LogP contribution in [0, 0.1) is 11.3 Å². The third kappa shape index (κ3) is 4.37. The molecule has 0 unspecified atom stereocenters. The second-order valence-corrected chi connectivity index (χ2v) is 6.64. The zero-order chi connectivity index (χ0) is 20.8. The summed E-state index contributed by atoms with van der Waals surface area (Å²) in [5, 5.41) is 9.49. The second kappa shape index (κ2) is 8.76. The van der Waals surface area contributed by atoms with Crippen molar-refractivity contribution in [1.29, 1.82) is 5.26 Å². The molecule has 0 amide bonds. The van der Waals surface area contributed by atoms with Gasteiger partial charge in [-0.25, -0.2) is 4.79 Å². The lowest BCUT2D eigenvalue weighted by Gasteiger charge is -2.07. The molecule has 0 spiro atoms. The van der Waals surface area contributed by atoms with Crippen molar-refractivity contribution in [2.24, 2.45) is 0 Å². The molecule has 3 aromatic carbocycles. The van der Waals surface area contributed by atoms with Gasteiger partial charge in [0.05, 0.1) is 17.2 Å². The first kappa shape index (κ1) is 19.0. The number of ether oxygens (including phenoxy) is 1. The SMILES string of the molecule is N#C/C(=C/c1cccc(OC(=O)c2ccc(-n3cccc3)cc2)c1)c1ccccc1.